The maximum Gasteiger partial charge on any atom is 0.335 e. The Morgan fingerprint density at radius 1 is 1.31 bits per heavy atom. The molecule has 0 aliphatic carbocycles. The van der Waals surface area contributed by atoms with Gasteiger partial charge in [0.1, 0.15) is 6.61 Å². The van der Waals surface area contributed by atoms with Gasteiger partial charge in [0.25, 0.3) is 0 Å². The predicted molar refractivity (Wildman–Crippen MR) is 59.7 cm³/mol. The van der Waals surface area contributed by atoms with Crippen LogP contribution in [0.4, 0.5) is 0 Å². The molecule has 2 rings (SSSR count). The molecular weight excluding hydrogens is 204 g/mol. The number of benzene rings is 1. The highest BCUT2D eigenvalue weighted by atomic mass is 16.6. The molecule has 3 nitrogen and oxygen atoms in total. The molecule has 3 heteroatoms. The normalized spacial score (nSPS) is 19.4. The Bertz CT molecular complexity index is 370. The van der Waals surface area contributed by atoms with Gasteiger partial charge in [0, 0.05) is 6.42 Å². The maximum atomic E-state index is 11.6. The lowest BCUT2D eigenvalue weighted by Crippen LogP contribution is -2.27. The van der Waals surface area contributed by atoms with E-state index in [1.165, 1.54) is 0 Å². The van der Waals surface area contributed by atoms with Crippen molar-refractivity contribution in [3.8, 4) is 0 Å². The van der Waals surface area contributed by atoms with Gasteiger partial charge in [-0.05, 0) is 5.56 Å². The largest absolute Gasteiger partial charge is 0.459 e. The fourth-order valence-electron chi connectivity index (χ4n) is 1.51. The Kier molecular flexibility index (Phi) is 3.72. The SMILES string of the molecule is O=C(OCc1ccccc1)[C@H]1CC=CCO1. The van der Waals surface area contributed by atoms with E-state index >= 15 is 0 Å². The first-order chi connectivity index (χ1) is 7.86. The first-order valence-electron chi connectivity index (χ1n) is 5.33. The summed E-state index contributed by atoms with van der Waals surface area (Å²) in [6.07, 6.45) is 4.01. The molecule has 0 amide bonds. The van der Waals surface area contributed by atoms with Crippen LogP contribution in [0.3, 0.4) is 0 Å². The van der Waals surface area contributed by atoms with Crippen LogP contribution in [0, 0.1) is 0 Å². The third kappa shape index (κ3) is 2.94. The van der Waals surface area contributed by atoms with Gasteiger partial charge in [-0.3, -0.25) is 0 Å². The Morgan fingerprint density at radius 2 is 2.12 bits per heavy atom. The molecule has 84 valence electrons. The number of carbonyl (C=O) groups is 1. The molecule has 0 aromatic heterocycles. The van der Waals surface area contributed by atoms with Gasteiger partial charge >= 0.3 is 5.97 Å². The van der Waals surface area contributed by atoms with E-state index in [4.69, 9.17) is 9.47 Å². The highest BCUT2D eigenvalue weighted by Crippen LogP contribution is 2.09. The second-order valence-electron chi connectivity index (χ2n) is 3.62. The van der Waals surface area contributed by atoms with Gasteiger partial charge in [-0.2, -0.15) is 0 Å². The summed E-state index contributed by atoms with van der Waals surface area (Å²) in [5, 5.41) is 0. The molecule has 0 radical (unpaired) electrons. The summed E-state index contributed by atoms with van der Waals surface area (Å²) in [4.78, 5) is 11.6. The summed E-state index contributed by atoms with van der Waals surface area (Å²) >= 11 is 0. The van der Waals surface area contributed by atoms with Crippen molar-refractivity contribution in [2.24, 2.45) is 0 Å². The van der Waals surface area contributed by atoms with Crippen LogP contribution in [-0.4, -0.2) is 18.7 Å². The summed E-state index contributed by atoms with van der Waals surface area (Å²) < 4.78 is 10.4. The van der Waals surface area contributed by atoms with Crippen LogP contribution in [0.1, 0.15) is 12.0 Å². The predicted octanol–water partition coefficient (Wildman–Crippen LogP) is 2.07. The molecule has 1 heterocycles. The average Bonchev–Trinajstić information content (AvgIpc) is 2.38. The lowest BCUT2D eigenvalue weighted by atomic mass is 10.2. The fraction of sp³-hybridized carbons (Fsp3) is 0.308. The molecule has 0 fully saturated rings. The van der Waals surface area contributed by atoms with Crippen molar-refractivity contribution >= 4 is 5.97 Å². The third-order valence-corrected chi connectivity index (χ3v) is 2.40. The molecule has 1 atom stereocenters. The van der Waals surface area contributed by atoms with Crippen molar-refractivity contribution in [3.63, 3.8) is 0 Å². The first-order valence-corrected chi connectivity index (χ1v) is 5.33. The van der Waals surface area contributed by atoms with Gasteiger partial charge in [-0.15, -0.1) is 0 Å². The van der Waals surface area contributed by atoms with Crippen LogP contribution in [0.25, 0.3) is 0 Å². The Balaban J connectivity index is 1.82. The van der Waals surface area contributed by atoms with Gasteiger partial charge in [0.2, 0.25) is 0 Å². The molecule has 0 bridgehead atoms. The second-order valence-corrected chi connectivity index (χ2v) is 3.62. The highest BCUT2D eigenvalue weighted by Gasteiger charge is 2.20. The summed E-state index contributed by atoms with van der Waals surface area (Å²) in [5.41, 5.74) is 0.988. The minimum atomic E-state index is -0.436. The van der Waals surface area contributed by atoms with Gasteiger partial charge in [0.05, 0.1) is 6.61 Å². The minimum Gasteiger partial charge on any atom is -0.459 e. The van der Waals surface area contributed by atoms with Crippen LogP contribution in [0.15, 0.2) is 42.5 Å². The molecular formula is C13H14O3. The van der Waals surface area contributed by atoms with Crippen molar-refractivity contribution in [2.75, 3.05) is 6.61 Å². The number of ether oxygens (including phenoxy) is 2. The van der Waals surface area contributed by atoms with Crippen LogP contribution in [-0.2, 0) is 20.9 Å². The number of carbonyl (C=O) groups excluding carboxylic acids is 1. The monoisotopic (exact) mass is 218 g/mol. The summed E-state index contributed by atoms with van der Waals surface area (Å²) in [6.45, 7) is 0.800. The number of hydrogen-bond donors (Lipinski definition) is 0. The van der Waals surface area contributed by atoms with Crippen LogP contribution >= 0.6 is 0 Å². The lowest BCUT2D eigenvalue weighted by Gasteiger charge is -2.17. The lowest BCUT2D eigenvalue weighted by molar-refractivity contribution is -0.158. The van der Waals surface area contributed by atoms with E-state index in [9.17, 15) is 4.79 Å². The van der Waals surface area contributed by atoms with Crippen molar-refractivity contribution < 1.29 is 14.3 Å². The number of esters is 1. The zero-order valence-electron chi connectivity index (χ0n) is 8.96. The van der Waals surface area contributed by atoms with Gasteiger partial charge in [-0.1, -0.05) is 42.5 Å². The summed E-state index contributed by atoms with van der Waals surface area (Å²) in [7, 11) is 0. The van der Waals surface area contributed by atoms with Gasteiger partial charge in [-0.25, -0.2) is 4.79 Å². The summed E-state index contributed by atoms with van der Waals surface area (Å²) in [6, 6.07) is 9.62. The topological polar surface area (TPSA) is 35.5 Å². The van der Waals surface area contributed by atoms with E-state index in [1.54, 1.807) is 0 Å². The molecule has 1 aromatic rings. The molecule has 0 unspecified atom stereocenters. The van der Waals surface area contributed by atoms with Crippen molar-refractivity contribution in [2.45, 2.75) is 19.1 Å². The van der Waals surface area contributed by atoms with E-state index in [0.29, 0.717) is 19.6 Å². The molecule has 1 aromatic carbocycles. The van der Waals surface area contributed by atoms with Crippen LogP contribution in [0.5, 0.6) is 0 Å². The first kappa shape index (κ1) is 10.9. The molecule has 16 heavy (non-hydrogen) atoms. The van der Waals surface area contributed by atoms with E-state index in [0.717, 1.165) is 5.56 Å². The van der Waals surface area contributed by atoms with Crippen LogP contribution in [0.2, 0.25) is 0 Å². The zero-order chi connectivity index (χ0) is 11.2. The van der Waals surface area contributed by atoms with E-state index in [-0.39, 0.29) is 5.97 Å². The smallest absolute Gasteiger partial charge is 0.335 e. The van der Waals surface area contributed by atoms with E-state index in [1.807, 2.05) is 42.5 Å². The average molecular weight is 218 g/mol. The summed E-state index contributed by atoms with van der Waals surface area (Å²) in [5.74, 6) is -0.284. The van der Waals surface area contributed by atoms with Gasteiger partial charge < -0.3 is 9.47 Å². The second kappa shape index (κ2) is 5.47. The van der Waals surface area contributed by atoms with Gasteiger partial charge in [0.15, 0.2) is 6.10 Å². The Hall–Kier alpha value is -1.61. The number of rotatable bonds is 3. The van der Waals surface area contributed by atoms with E-state index in [2.05, 4.69) is 0 Å². The molecule has 0 saturated carbocycles. The van der Waals surface area contributed by atoms with Crippen LogP contribution < -0.4 is 0 Å². The van der Waals surface area contributed by atoms with Crippen molar-refractivity contribution in [1.29, 1.82) is 0 Å². The molecule has 1 aliphatic heterocycles. The van der Waals surface area contributed by atoms with Crippen molar-refractivity contribution in [3.05, 3.63) is 48.0 Å². The highest BCUT2D eigenvalue weighted by molar-refractivity contribution is 5.75. The van der Waals surface area contributed by atoms with E-state index < -0.39 is 6.10 Å². The zero-order valence-corrected chi connectivity index (χ0v) is 8.96. The number of hydrogen-bond acceptors (Lipinski definition) is 3. The third-order valence-electron chi connectivity index (χ3n) is 2.40. The Labute approximate surface area is 94.7 Å². The standard InChI is InChI=1S/C13H14O3/c14-13(12-8-4-5-9-15-12)16-10-11-6-2-1-3-7-11/h1-7,12H,8-10H2/t12-/m1/s1. The molecule has 0 saturated heterocycles. The minimum absolute atomic E-state index is 0.284. The Morgan fingerprint density at radius 3 is 2.81 bits per heavy atom. The molecule has 1 aliphatic rings. The quantitative estimate of drug-likeness (QED) is 0.575. The van der Waals surface area contributed by atoms with Crippen molar-refractivity contribution in [1.82, 2.24) is 0 Å². The molecule has 0 N–H and O–H groups in total. The maximum absolute atomic E-state index is 11.6. The fourth-order valence-corrected chi connectivity index (χ4v) is 1.51. The molecule has 0 spiro atoms.